The van der Waals surface area contributed by atoms with Crippen LogP contribution in [0.3, 0.4) is 0 Å². The van der Waals surface area contributed by atoms with Gasteiger partial charge in [-0.25, -0.2) is 0 Å². The Hall–Kier alpha value is -1.48. The molecule has 0 saturated carbocycles. The lowest BCUT2D eigenvalue weighted by Crippen LogP contribution is -1.96. The third-order valence-corrected chi connectivity index (χ3v) is 3.62. The van der Waals surface area contributed by atoms with Crippen LogP contribution in [0.15, 0.2) is 18.2 Å². The van der Waals surface area contributed by atoms with Crippen molar-refractivity contribution in [2.24, 2.45) is 0 Å². The van der Waals surface area contributed by atoms with Crippen molar-refractivity contribution in [1.82, 2.24) is 4.98 Å². The van der Waals surface area contributed by atoms with Crippen LogP contribution in [0.4, 0.5) is 0 Å². The summed E-state index contributed by atoms with van der Waals surface area (Å²) in [7, 11) is 1.68. The molecule has 3 heteroatoms. The molecule has 3 rings (SSSR count). The van der Waals surface area contributed by atoms with E-state index in [9.17, 15) is 5.11 Å². The SMILES string of the molecule is COc1cccc2c3c([nH]c12)CCCCC3O. The number of rotatable bonds is 1. The largest absolute Gasteiger partial charge is 0.495 e. The van der Waals surface area contributed by atoms with Crippen molar-refractivity contribution >= 4 is 10.9 Å². The van der Waals surface area contributed by atoms with E-state index in [-0.39, 0.29) is 6.10 Å². The van der Waals surface area contributed by atoms with E-state index in [4.69, 9.17) is 4.74 Å². The lowest BCUT2D eigenvalue weighted by Gasteiger charge is -2.08. The summed E-state index contributed by atoms with van der Waals surface area (Å²) in [5.74, 6) is 0.850. The van der Waals surface area contributed by atoms with E-state index in [0.717, 1.165) is 47.9 Å². The van der Waals surface area contributed by atoms with E-state index < -0.39 is 0 Å². The summed E-state index contributed by atoms with van der Waals surface area (Å²) >= 11 is 0. The van der Waals surface area contributed by atoms with Gasteiger partial charge in [-0.05, 0) is 25.3 Å². The maximum absolute atomic E-state index is 10.2. The Morgan fingerprint density at radius 1 is 1.35 bits per heavy atom. The van der Waals surface area contributed by atoms with E-state index in [2.05, 4.69) is 11.1 Å². The van der Waals surface area contributed by atoms with Gasteiger partial charge in [0, 0.05) is 16.6 Å². The average Bonchev–Trinajstić information content (AvgIpc) is 2.62. The number of aryl methyl sites for hydroxylation is 1. The first-order valence-electron chi connectivity index (χ1n) is 6.17. The molecule has 0 amide bonds. The van der Waals surface area contributed by atoms with Gasteiger partial charge in [0.1, 0.15) is 5.75 Å². The highest BCUT2D eigenvalue weighted by molar-refractivity contribution is 5.90. The molecule has 1 aromatic heterocycles. The van der Waals surface area contributed by atoms with Gasteiger partial charge < -0.3 is 14.8 Å². The molecule has 0 aliphatic heterocycles. The number of methoxy groups -OCH3 is 1. The summed E-state index contributed by atoms with van der Waals surface area (Å²) in [6.07, 6.45) is 3.77. The fraction of sp³-hybridized carbons (Fsp3) is 0.429. The van der Waals surface area contributed by atoms with Crippen LogP contribution in [0.25, 0.3) is 10.9 Å². The van der Waals surface area contributed by atoms with Crippen LogP contribution in [0.2, 0.25) is 0 Å². The normalized spacial score (nSPS) is 20.0. The van der Waals surface area contributed by atoms with Gasteiger partial charge in [0.05, 0.1) is 18.7 Å². The van der Waals surface area contributed by atoms with E-state index in [1.807, 2.05) is 12.1 Å². The van der Waals surface area contributed by atoms with Crippen molar-refractivity contribution < 1.29 is 9.84 Å². The van der Waals surface area contributed by atoms with E-state index >= 15 is 0 Å². The Bertz CT molecular complexity index is 544. The van der Waals surface area contributed by atoms with Crippen LogP contribution in [-0.2, 0) is 6.42 Å². The minimum Gasteiger partial charge on any atom is -0.495 e. The molecule has 3 nitrogen and oxygen atoms in total. The predicted molar refractivity (Wildman–Crippen MR) is 67.4 cm³/mol. The van der Waals surface area contributed by atoms with Crippen molar-refractivity contribution in [2.45, 2.75) is 31.8 Å². The number of nitrogens with one attached hydrogen (secondary N) is 1. The molecule has 17 heavy (non-hydrogen) atoms. The zero-order valence-corrected chi connectivity index (χ0v) is 9.99. The van der Waals surface area contributed by atoms with Crippen LogP contribution in [0.1, 0.15) is 36.6 Å². The number of H-pyrrole nitrogens is 1. The van der Waals surface area contributed by atoms with Crippen molar-refractivity contribution in [2.75, 3.05) is 7.11 Å². The highest BCUT2D eigenvalue weighted by atomic mass is 16.5. The number of para-hydroxylation sites is 1. The molecule has 1 heterocycles. The number of aromatic nitrogens is 1. The van der Waals surface area contributed by atoms with Gasteiger partial charge in [0.25, 0.3) is 0 Å². The molecule has 90 valence electrons. The highest BCUT2D eigenvalue weighted by Gasteiger charge is 2.22. The number of fused-ring (bicyclic) bond motifs is 3. The third kappa shape index (κ3) is 1.62. The highest BCUT2D eigenvalue weighted by Crippen LogP contribution is 2.37. The van der Waals surface area contributed by atoms with Gasteiger partial charge in [0.2, 0.25) is 0 Å². The van der Waals surface area contributed by atoms with E-state index in [0.29, 0.717) is 0 Å². The molecule has 1 aliphatic rings. The Kier molecular flexibility index (Phi) is 2.56. The van der Waals surface area contributed by atoms with Gasteiger partial charge in [-0.3, -0.25) is 0 Å². The number of aromatic amines is 1. The van der Waals surface area contributed by atoms with E-state index in [1.165, 1.54) is 5.69 Å². The van der Waals surface area contributed by atoms with Crippen molar-refractivity contribution in [3.05, 3.63) is 29.5 Å². The third-order valence-electron chi connectivity index (χ3n) is 3.62. The lowest BCUT2D eigenvalue weighted by atomic mass is 10.0. The molecule has 0 saturated heterocycles. The van der Waals surface area contributed by atoms with Crippen LogP contribution < -0.4 is 4.74 Å². The van der Waals surface area contributed by atoms with Crippen LogP contribution in [-0.4, -0.2) is 17.2 Å². The molecule has 0 radical (unpaired) electrons. The Morgan fingerprint density at radius 3 is 3.06 bits per heavy atom. The smallest absolute Gasteiger partial charge is 0.142 e. The summed E-state index contributed by atoms with van der Waals surface area (Å²) in [6.45, 7) is 0. The van der Waals surface area contributed by atoms with Gasteiger partial charge >= 0.3 is 0 Å². The second kappa shape index (κ2) is 4.08. The molecule has 0 fully saturated rings. The fourth-order valence-electron chi connectivity index (χ4n) is 2.80. The zero-order chi connectivity index (χ0) is 11.8. The molecule has 0 bridgehead atoms. The number of hydrogen-bond acceptors (Lipinski definition) is 2. The van der Waals surface area contributed by atoms with Gasteiger partial charge in [0.15, 0.2) is 0 Å². The number of aliphatic hydroxyl groups excluding tert-OH is 1. The molecule has 1 aliphatic carbocycles. The average molecular weight is 231 g/mol. The Labute approximate surface area is 100 Å². The fourth-order valence-corrected chi connectivity index (χ4v) is 2.80. The molecule has 1 atom stereocenters. The number of hydrogen-bond donors (Lipinski definition) is 2. The lowest BCUT2D eigenvalue weighted by molar-refractivity contribution is 0.168. The molecule has 2 N–H and O–H groups in total. The van der Waals surface area contributed by atoms with Gasteiger partial charge in [-0.1, -0.05) is 18.6 Å². The number of benzene rings is 1. The van der Waals surface area contributed by atoms with Crippen LogP contribution in [0.5, 0.6) is 5.75 Å². The Balaban J connectivity index is 2.27. The van der Waals surface area contributed by atoms with Crippen LogP contribution >= 0.6 is 0 Å². The first-order chi connectivity index (χ1) is 8.31. The molecular weight excluding hydrogens is 214 g/mol. The molecule has 2 aromatic rings. The monoisotopic (exact) mass is 231 g/mol. The number of aliphatic hydroxyl groups is 1. The maximum Gasteiger partial charge on any atom is 0.142 e. The molecule has 1 aromatic carbocycles. The van der Waals surface area contributed by atoms with Gasteiger partial charge in [-0.15, -0.1) is 0 Å². The van der Waals surface area contributed by atoms with Crippen molar-refractivity contribution in [3.8, 4) is 5.75 Å². The first kappa shape index (κ1) is 10.7. The Morgan fingerprint density at radius 2 is 2.24 bits per heavy atom. The molecule has 1 unspecified atom stereocenters. The van der Waals surface area contributed by atoms with Crippen molar-refractivity contribution in [1.29, 1.82) is 0 Å². The standard InChI is InChI=1S/C14H17NO2/c1-17-12-8-4-5-9-13-10(15-14(9)12)6-2-3-7-11(13)16/h4-5,8,11,15-16H,2-3,6-7H2,1H3. The predicted octanol–water partition coefficient (Wildman–Crippen LogP) is 2.94. The van der Waals surface area contributed by atoms with Crippen LogP contribution in [0, 0.1) is 0 Å². The first-order valence-corrected chi connectivity index (χ1v) is 6.17. The summed E-state index contributed by atoms with van der Waals surface area (Å²) in [5.41, 5.74) is 3.27. The number of ether oxygens (including phenoxy) is 1. The second-order valence-corrected chi connectivity index (χ2v) is 4.66. The topological polar surface area (TPSA) is 45.2 Å². The summed E-state index contributed by atoms with van der Waals surface area (Å²) < 4.78 is 5.36. The maximum atomic E-state index is 10.2. The minimum atomic E-state index is -0.339. The second-order valence-electron chi connectivity index (χ2n) is 4.66. The molecule has 0 spiro atoms. The zero-order valence-electron chi connectivity index (χ0n) is 9.99. The summed E-state index contributed by atoms with van der Waals surface area (Å²) in [6, 6.07) is 5.99. The summed E-state index contributed by atoms with van der Waals surface area (Å²) in [5, 5.41) is 11.3. The van der Waals surface area contributed by atoms with Crippen molar-refractivity contribution in [3.63, 3.8) is 0 Å². The molecular formula is C14H17NO2. The quantitative estimate of drug-likeness (QED) is 0.741. The summed E-state index contributed by atoms with van der Waals surface area (Å²) in [4.78, 5) is 3.42. The van der Waals surface area contributed by atoms with Gasteiger partial charge in [-0.2, -0.15) is 0 Å². The minimum absolute atomic E-state index is 0.339. The van der Waals surface area contributed by atoms with E-state index in [1.54, 1.807) is 7.11 Å².